The average Bonchev–Trinajstić information content (AvgIpc) is 2.72. The Hall–Kier alpha value is -0.940. The summed E-state index contributed by atoms with van der Waals surface area (Å²) in [4.78, 5) is 12.0. The van der Waals surface area contributed by atoms with Crippen molar-refractivity contribution >= 4 is 27.5 Å². The highest BCUT2D eigenvalue weighted by molar-refractivity contribution is 9.10. The van der Waals surface area contributed by atoms with Gasteiger partial charge in [-0.2, -0.15) is 0 Å². The van der Waals surface area contributed by atoms with Crippen molar-refractivity contribution in [1.29, 1.82) is 0 Å². The summed E-state index contributed by atoms with van der Waals surface area (Å²) >= 11 is 3.11. The van der Waals surface area contributed by atoms with Crippen molar-refractivity contribution in [2.24, 2.45) is 11.7 Å². The third-order valence-corrected chi connectivity index (χ3v) is 4.04. The largest absolute Gasteiger partial charge is 0.327 e. The Labute approximate surface area is 114 Å². The van der Waals surface area contributed by atoms with Gasteiger partial charge in [-0.25, -0.2) is 4.39 Å². The number of hydrogen-bond acceptors (Lipinski definition) is 2. The van der Waals surface area contributed by atoms with Crippen LogP contribution in [-0.2, 0) is 4.79 Å². The number of aryl methyl sites for hydroxylation is 1. The van der Waals surface area contributed by atoms with E-state index >= 15 is 0 Å². The third-order valence-electron chi connectivity index (χ3n) is 3.43. The van der Waals surface area contributed by atoms with Crippen molar-refractivity contribution < 1.29 is 9.18 Å². The zero-order valence-corrected chi connectivity index (χ0v) is 11.8. The molecule has 1 saturated carbocycles. The van der Waals surface area contributed by atoms with E-state index in [1.165, 1.54) is 6.07 Å². The first-order chi connectivity index (χ1) is 8.49. The highest BCUT2D eigenvalue weighted by atomic mass is 79.9. The number of carbonyl (C=O) groups excluding carboxylic acids is 1. The summed E-state index contributed by atoms with van der Waals surface area (Å²) in [7, 11) is 0. The number of nitrogens with two attached hydrogens (primary N) is 1. The Kier molecular flexibility index (Phi) is 4.02. The van der Waals surface area contributed by atoms with Gasteiger partial charge in [0.25, 0.3) is 0 Å². The van der Waals surface area contributed by atoms with Gasteiger partial charge in [-0.15, -0.1) is 0 Å². The van der Waals surface area contributed by atoms with Crippen LogP contribution in [0.25, 0.3) is 0 Å². The van der Waals surface area contributed by atoms with Gasteiger partial charge >= 0.3 is 0 Å². The molecule has 98 valence electrons. The Morgan fingerprint density at radius 3 is 2.83 bits per heavy atom. The number of halogens is 2. The fourth-order valence-corrected chi connectivity index (χ4v) is 2.78. The molecule has 18 heavy (non-hydrogen) atoms. The molecule has 2 rings (SSSR count). The maximum Gasteiger partial charge on any atom is 0.229 e. The standard InChI is InChI=1S/C13H16BrFN2O/c1-7-5-9(14)10(15)6-12(7)17-13(18)8-3-2-4-11(8)16/h5-6,8,11H,2-4,16H2,1H3,(H,17,18). The lowest BCUT2D eigenvalue weighted by atomic mass is 10.0. The molecule has 0 radical (unpaired) electrons. The Morgan fingerprint density at radius 2 is 2.22 bits per heavy atom. The molecule has 1 aromatic carbocycles. The van der Waals surface area contributed by atoms with Gasteiger partial charge in [0.15, 0.2) is 0 Å². The first-order valence-corrected chi connectivity index (χ1v) is 6.80. The molecule has 1 aromatic rings. The van der Waals surface area contributed by atoms with Gasteiger partial charge in [-0.3, -0.25) is 4.79 Å². The van der Waals surface area contributed by atoms with Gasteiger partial charge in [0, 0.05) is 11.7 Å². The molecule has 0 saturated heterocycles. The van der Waals surface area contributed by atoms with Crippen LogP contribution in [0.3, 0.4) is 0 Å². The number of rotatable bonds is 2. The number of amides is 1. The van der Waals surface area contributed by atoms with E-state index in [2.05, 4.69) is 21.2 Å². The topological polar surface area (TPSA) is 55.1 Å². The van der Waals surface area contributed by atoms with Crippen LogP contribution in [0.2, 0.25) is 0 Å². The fourth-order valence-electron chi connectivity index (χ4n) is 2.32. The van der Waals surface area contributed by atoms with E-state index in [1.54, 1.807) is 6.07 Å². The smallest absolute Gasteiger partial charge is 0.229 e. The Balaban J connectivity index is 2.14. The van der Waals surface area contributed by atoms with Crippen molar-refractivity contribution in [3.05, 3.63) is 28.0 Å². The predicted molar refractivity (Wildman–Crippen MR) is 72.8 cm³/mol. The molecule has 2 atom stereocenters. The number of benzene rings is 1. The lowest BCUT2D eigenvalue weighted by Gasteiger charge is -2.16. The molecule has 3 nitrogen and oxygen atoms in total. The zero-order valence-electron chi connectivity index (χ0n) is 10.2. The lowest BCUT2D eigenvalue weighted by molar-refractivity contribution is -0.120. The van der Waals surface area contributed by atoms with Crippen LogP contribution < -0.4 is 11.1 Å². The molecule has 0 heterocycles. The molecule has 2 unspecified atom stereocenters. The minimum absolute atomic E-state index is 0.0781. The summed E-state index contributed by atoms with van der Waals surface area (Å²) in [5.74, 6) is -0.646. The van der Waals surface area contributed by atoms with Crippen molar-refractivity contribution in [2.45, 2.75) is 32.2 Å². The van der Waals surface area contributed by atoms with Crippen LogP contribution in [0, 0.1) is 18.7 Å². The minimum Gasteiger partial charge on any atom is -0.327 e. The fraction of sp³-hybridized carbons (Fsp3) is 0.462. The number of carbonyl (C=O) groups is 1. The molecule has 0 bridgehead atoms. The van der Waals surface area contributed by atoms with E-state index in [-0.39, 0.29) is 23.7 Å². The van der Waals surface area contributed by atoms with Crippen LogP contribution in [0.15, 0.2) is 16.6 Å². The Morgan fingerprint density at radius 1 is 1.50 bits per heavy atom. The third kappa shape index (κ3) is 2.72. The normalized spacial score (nSPS) is 23.1. The van der Waals surface area contributed by atoms with E-state index in [1.807, 2.05) is 6.92 Å². The molecular weight excluding hydrogens is 299 g/mol. The molecule has 0 spiro atoms. The van der Waals surface area contributed by atoms with Crippen LogP contribution in [-0.4, -0.2) is 11.9 Å². The van der Waals surface area contributed by atoms with Crippen molar-refractivity contribution in [3.8, 4) is 0 Å². The molecule has 1 aliphatic rings. The summed E-state index contributed by atoms with van der Waals surface area (Å²) in [6.07, 6.45) is 2.67. The first-order valence-electron chi connectivity index (χ1n) is 6.01. The highest BCUT2D eigenvalue weighted by Crippen LogP contribution is 2.28. The highest BCUT2D eigenvalue weighted by Gasteiger charge is 2.30. The van der Waals surface area contributed by atoms with Crippen LogP contribution in [0.4, 0.5) is 10.1 Å². The summed E-state index contributed by atoms with van der Waals surface area (Å²) in [6, 6.07) is 2.91. The lowest BCUT2D eigenvalue weighted by Crippen LogP contribution is -2.34. The molecular formula is C13H16BrFN2O. The number of hydrogen-bond donors (Lipinski definition) is 2. The summed E-state index contributed by atoms with van der Waals surface area (Å²) in [6.45, 7) is 1.83. The summed E-state index contributed by atoms with van der Waals surface area (Å²) < 4.78 is 13.8. The van der Waals surface area contributed by atoms with Gasteiger partial charge in [-0.1, -0.05) is 6.42 Å². The number of anilines is 1. The summed E-state index contributed by atoms with van der Waals surface area (Å²) in [5.41, 5.74) is 7.22. The molecule has 3 N–H and O–H groups in total. The van der Waals surface area contributed by atoms with Crippen molar-refractivity contribution in [2.75, 3.05) is 5.32 Å². The second kappa shape index (κ2) is 5.36. The van der Waals surface area contributed by atoms with Gasteiger partial charge in [-0.05, 0) is 53.4 Å². The van der Waals surface area contributed by atoms with Crippen molar-refractivity contribution in [1.82, 2.24) is 0 Å². The quantitative estimate of drug-likeness (QED) is 0.881. The molecule has 1 fully saturated rings. The van der Waals surface area contributed by atoms with Crippen LogP contribution in [0.1, 0.15) is 24.8 Å². The van der Waals surface area contributed by atoms with Crippen molar-refractivity contribution in [3.63, 3.8) is 0 Å². The molecule has 0 aliphatic heterocycles. The average molecular weight is 315 g/mol. The van der Waals surface area contributed by atoms with Crippen LogP contribution in [0.5, 0.6) is 0 Å². The van der Waals surface area contributed by atoms with Gasteiger partial charge in [0.1, 0.15) is 5.82 Å². The van der Waals surface area contributed by atoms with E-state index in [0.29, 0.717) is 10.2 Å². The molecule has 0 aromatic heterocycles. The minimum atomic E-state index is -0.383. The zero-order chi connectivity index (χ0) is 13.3. The SMILES string of the molecule is Cc1cc(Br)c(F)cc1NC(=O)C1CCCC1N. The second-order valence-corrected chi connectivity index (χ2v) is 5.63. The first kappa shape index (κ1) is 13.5. The van der Waals surface area contributed by atoms with E-state index in [9.17, 15) is 9.18 Å². The van der Waals surface area contributed by atoms with E-state index in [0.717, 1.165) is 24.8 Å². The maximum atomic E-state index is 13.4. The summed E-state index contributed by atoms with van der Waals surface area (Å²) in [5, 5.41) is 2.77. The molecule has 5 heteroatoms. The van der Waals surface area contributed by atoms with Gasteiger partial charge in [0.2, 0.25) is 5.91 Å². The van der Waals surface area contributed by atoms with E-state index in [4.69, 9.17) is 5.73 Å². The number of nitrogens with one attached hydrogen (secondary N) is 1. The molecule has 1 aliphatic carbocycles. The van der Waals surface area contributed by atoms with Gasteiger partial charge < -0.3 is 11.1 Å². The monoisotopic (exact) mass is 314 g/mol. The molecule has 1 amide bonds. The maximum absolute atomic E-state index is 13.4. The van der Waals surface area contributed by atoms with Gasteiger partial charge in [0.05, 0.1) is 10.4 Å². The second-order valence-electron chi connectivity index (χ2n) is 4.77. The van der Waals surface area contributed by atoms with Crippen LogP contribution >= 0.6 is 15.9 Å². The Bertz CT molecular complexity index is 478. The predicted octanol–water partition coefficient (Wildman–Crippen LogP) is 2.96. The van der Waals surface area contributed by atoms with E-state index < -0.39 is 0 Å².